The second-order valence-electron chi connectivity index (χ2n) is 3.30. The van der Waals surface area contributed by atoms with Crippen molar-refractivity contribution < 1.29 is 13.2 Å². The van der Waals surface area contributed by atoms with E-state index in [9.17, 15) is 8.42 Å². The Morgan fingerprint density at radius 1 is 1.35 bits per heavy atom. The number of halogens is 1. The largest absolute Gasteiger partial charge is 0.495 e. The average Bonchev–Trinajstić information content (AvgIpc) is 2.29. The Balaban J connectivity index is 2.88. The van der Waals surface area contributed by atoms with Crippen LogP contribution in [0, 0.1) is 0 Å². The fourth-order valence-corrected chi connectivity index (χ4v) is 2.59. The van der Waals surface area contributed by atoms with Crippen LogP contribution in [0.15, 0.2) is 23.1 Å². The highest BCUT2D eigenvalue weighted by Crippen LogP contribution is 2.26. The van der Waals surface area contributed by atoms with Gasteiger partial charge in [-0.2, -0.15) is 0 Å². The van der Waals surface area contributed by atoms with Crippen LogP contribution in [0.4, 0.5) is 0 Å². The van der Waals surface area contributed by atoms with Crippen molar-refractivity contribution in [3.8, 4) is 5.75 Å². The average molecular weight is 279 g/mol. The van der Waals surface area contributed by atoms with Gasteiger partial charge in [0.2, 0.25) is 10.0 Å². The summed E-state index contributed by atoms with van der Waals surface area (Å²) in [5, 5.41) is 3.12. The number of nitrogens with one attached hydrogen (secondary N) is 2. The summed E-state index contributed by atoms with van der Waals surface area (Å²) in [7, 11) is -0.289. The minimum atomic E-state index is -3.51. The molecule has 0 bridgehead atoms. The van der Waals surface area contributed by atoms with Crippen molar-refractivity contribution in [3.05, 3.63) is 23.2 Å². The molecule has 17 heavy (non-hydrogen) atoms. The molecular formula is C10H15ClN2O3S. The molecule has 1 rings (SSSR count). The molecular weight excluding hydrogens is 264 g/mol. The number of ether oxygens (including phenoxy) is 1. The minimum absolute atomic E-state index is 0.124. The van der Waals surface area contributed by atoms with E-state index in [1.54, 1.807) is 7.05 Å². The number of methoxy groups -OCH3 is 1. The Morgan fingerprint density at radius 2 is 2.06 bits per heavy atom. The molecule has 0 fully saturated rings. The van der Waals surface area contributed by atoms with E-state index in [4.69, 9.17) is 16.3 Å². The Morgan fingerprint density at radius 3 is 2.59 bits per heavy atom. The number of likely N-dealkylation sites (N-methyl/N-ethyl adjacent to an activating group) is 1. The van der Waals surface area contributed by atoms with Gasteiger partial charge in [0.1, 0.15) is 5.75 Å². The molecule has 0 aliphatic heterocycles. The molecule has 7 heteroatoms. The summed E-state index contributed by atoms with van der Waals surface area (Å²) in [5.74, 6) is 0.445. The second kappa shape index (κ2) is 6.20. The first-order valence-electron chi connectivity index (χ1n) is 4.99. The van der Waals surface area contributed by atoms with Crippen molar-refractivity contribution in [3.63, 3.8) is 0 Å². The van der Waals surface area contributed by atoms with Gasteiger partial charge in [0.05, 0.1) is 17.0 Å². The number of hydrogen-bond donors (Lipinski definition) is 2. The molecule has 0 aliphatic rings. The predicted molar refractivity (Wildman–Crippen MR) is 67.1 cm³/mol. The summed E-state index contributed by atoms with van der Waals surface area (Å²) in [6.07, 6.45) is 0. The lowest BCUT2D eigenvalue weighted by Crippen LogP contribution is -2.30. The van der Waals surface area contributed by atoms with Crippen molar-refractivity contribution >= 4 is 21.6 Å². The van der Waals surface area contributed by atoms with Gasteiger partial charge >= 0.3 is 0 Å². The predicted octanol–water partition coefficient (Wildman–Crippen LogP) is 0.846. The molecule has 0 heterocycles. The van der Waals surface area contributed by atoms with Gasteiger partial charge in [-0.25, -0.2) is 13.1 Å². The van der Waals surface area contributed by atoms with Crippen LogP contribution in [-0.4, -0.2) is 35.7 Å². The van der Waals surface area contributed by atoms with Gasteiger partial charge in [-0.15, -0.1) is 0 Å². The van der Waals surface area contributed by atoms with Crippen LogP contribution in [0.5, 0.6) is 5.75 Å². The third-order valence-electron chi connectivity index (χ3n) is 2.10. The van der Waals surface area contributed by atoms with E-state index in [1.165, 1.54) is 25.3 Å². The zero-order chi connectivity index (χ0) is 12.9. The molecule has 0 aliphatic carbocycles. The number of hydrogen-bond acceptors (Lipinski definition) is 4. The first-order valence-corrected chi connectivity index (χ1v) is 6.85. The van der Waals surface area contributed by atoms with Crippen LogP contribution in [0.25, 0.3) is 0 Å². The summed E-state index contributed by atoms with van der Waals surface area (Å²) < 4.78 is 31.0. The highest BCUT2D eigenvalue weighted by atomic mass is 35.5. The standard InChI is InChI=1S/C10H15ClN2O3S/c1-12-5-6-13-17(14,15)8-3-4-10(16-2)9(11)7-8/h3-4,7,12-13H,5-6H2,1-2H3. The maximum Gasteiger partial charge on any atom is 0.240 e. The molecule has 96 valence electrons. The van der Waals surface area contributed by atoms with Crippen LogP contribution in [-0.2, 0) is 10.0 Å². The van der Waals surface area contributed by atoms with Gasteiger partial charge in [0.25, 0.3) is 0 Å². The van der Waals surface area contributed by atoms with Crippen molar-refractivity contribution in [2.24, 2.45) is 0 Å². The molecule has 0 atom stereocenters. The Labute approximate surface area is 106 Å². The van der Waals surface area contributed by atoms with E-state index in [0.717, 1.165) is 0 Å². The van der Waals surface area contributed by atoms with Crippen LogP contribution < -0.4 is 14.8 Å². The summed E-state index contributed by atoms with van der Waals surface area (Å²) in [5.41, 5.74) is 0. The van der Waals surface area contributed by atoms with Gasteiger partial charge in [0, 0.05) is 13.1 Å². The summed E-state index contributed by atoms with van der Waals surface area (Å²) in [6, 6.07) is 4.34. The van der Waals surface area contributed by atoms with Gasteiger partial charge in [-0.1, -0.05) is 11.6 Å². The van der Waals surface area contributed by atoms with E-state index >= 15 is 0 Å². The first-order chi connectivity index (χ1) is 8.01. The van der Waals surface area contributed by atoms with E-state index in [-0.39, 0.29) is 9.92 Å². The topological polar surface area (TPSA) is 67.4 Å². The molecule has 0 spiro atoms. The second-order valence-corrected chi connectivity index (χ2v) is 5.47. The summed E-state index contributed by atoms with van der Waals surface area (Å²) >= 11 is 5.87. The monoisotopic (exact) mass is 278 g/mol. The van der Waals surface area contributed by atoms with E-state index in [1.807, 2.05) is 0 Å². The molecule has 0 radical (unpaired) electrons. The summed E-state index contributed by atoms with van der Waals surface area (Å²) in [6.45, 7) is 0.881. The zero-order valence-electron chi connectivity index (χ0n) is 9.66. The smallest absolute Gasteiger partial charge is 0.240 e. The van der Waals surface area contributed by atoms with Crippen LogP contribution >= 0.6 is 11.6 Å². The van der Waals surface area contributed by atoms with Crippen molar-refractivity contribution in [1.82, 2.24) is 10.0 Å². The SMILES string of the molecule is CNCCNS(=O)(=O)c1ccc(OC)c(Cl)c1. The summed E-state index contributed by atoms with van der Waals surface area (Å²) in [4.78, 5) is 0.124. The van der Waals surface area contributed by atoms with E-state index < -0.39 is 10.0 Å². The molecule has 5 nitrogen and oxygen atoms in total. The van der Waals surface area contributed by atoms with Gasteiger partial charge in [-0.3, -0.25) is 0 Å². The highest BCUT2D eigenvalue weighted by molar-refractivity contribution is 7.89. The molecule has 0 amide bonds. The van der Waals surface area contributed by atoms with E-state index in [0.29, 0.717) is 18.8 Å². The molecule has 1 aromatic rings. The van der Waals surface area contributed by atoms with Gasteiger partial charge in [-0.05, 0) is 25.2 Å². The van der Waals surface area contributed by atoms with Crippen molar-refractivity contribution in [2.45, 2.75) is 4.90 Å². The van der Waals surface area contributed by atoms with Gasteiger partial charge < -0.3 is 10.1 Å². The quantitative estimate of drug-likeness (QED) is 0.757. The lowest BCUT2D eigenvalue weighted by Gasteiger charge is -2.08. The molecule has 0 unspecified atom stereocenters. The Kier molecular flexibility index (Phi) is 5.20. The van der Waals surface area contributed by atoms with Crippen molar-refractivity contribution in [1.29, 1.82) is 0 Å². The molecule has 0 saturated carbocycles. The highest BCUT2D eigenvalue weighted by Gasteiger charge is 2.15. The maximum absolute atomic E-state index is 11.8. The normalized spacial score (nSPS) is 11.5. The lowest BCUT2D eigenvalue weighted by molar-refractivity contribution is 0.414. The fourth-order valence-electron chi connectivity index (χ4n) is 1.21. The van der Waals surface area contributed by atoms with Crippen LogP contribution in [0.1, 0.15) is 0 Å². The number of benzene rings is 1. The third kappa shape index (κ3) is 3.85. The maximum atomic E-state index is 11.8. The van der Waals surface area contributed by atoms with Crippen LogP contribution in [0.2, 0.25) is 5.02 Å². The zero-order valence-corrected chi connectivity index (χ0v) is 11.2. The molecule has 2 N–H and O–H groups in total. The molecule has 1 aromatic carbocycles. The Bertz CT molecular complexity index is 476. The Hall–Kier alpha value is -0.820. The van der Waals surface area contributed by atoms with Gasteiger partial charge in [0.15, 0.2) is 0 Å². The van der Waals surface area contributed by atoms with Crippen LogP contribution in [0.3, 0.4) is 0 Å². The minimum Gasteiger partial charge on any atom is -0.495 e. The number of rotatable bonds is 6. The number of sulfonamides is 1. The first kappa shape index (κ1) is 14.2. The third-order valence-corrected chi connectivity index (χ3v) is 3.85. The van der Waals surface area contributed by atoms with Crippen molar-refractivity contribution in [2.75, 3.05) is 27.2 Å². The van der Waals surface area contributed by atoms with E-state index in [2.05, 4.69) is 10.0 Å². The lowest BCUT2D eigenvalue weighted by atomic mass is 10.3. The fraction of sp³-hybridized carbons (Fsp3) is 0.400. The molecule has 0 saturated heterocycles. The molecule has 0 aromatic heterocycles.